The average molecular weight is 486 g/mol. The molecule has 0 aromatic carbocycles. The van der Waals surface area contributed by atoms with Crippen LogP contribution in [0.5, 0.6) is 0 Å². The van der Waals surface area contributed by atoms with E-state index in [9.17, 15) is 8.42 Å². The molecule has 1 saturated heterocycles. The first kappa shape index (κ1) is 23.0. The van der Waals surface area contributed by atoms with Crippen LogP contribution in [0.15, 0.2) is 4.99 Å². The number of nitrogens with one attached hydrogen (secondary N) is 2. The van der Waals surface area contributed by atoms with Gasteiger partial charge in [0.25, 0.3) is 0 Å². The first-order valence-corrected chi connectivity index (χ1v) is 11.0. The van der Waals surface area contributed by atoms with Crippen molar-refractivity contribution in [1.82, 2.24) is 14.9 Å². The van der Waals surface area contributed by atoms with Crippen molar-refractivity contribution in [2.75, 3.05) is 32.4 Å². The number of nitrogens with zero attached hydrogens (tertiary/aromatic N) is 2. The summed E-state index contributed by atoms with van der Waals surface area (Å²) in [5, 5.41) is 6.99. The molecule has 25 heavy (non-hydrogen) atoms. The standard InChI is InChI=1S/C17H34N4O2S.HI/c1-4-17(10-6-7-11-17)14-19-16(18-3)20-15-8-12-21(13-9-15)24(22,23)5-2;/h15H,4-14H2,1-3H3,(H2,18,19,20);1H. The van der Waals surface area contributed by atoms with Crippen molar-refractivity contribution in [3.05, 3.63) is 0 Å². The third kappa shape index (κ3) is 6.23. The van der Waals surface area contributed by atoms with E-state index in [1.54, 1.807) is 18.3 Å². The molecule has 0 aromatic rings. The summed E-state index contributed by atoms with van der Waals surface area (Å²) >= 11 is 0. The second-order valence-electron chi connectivity index (χ2n) is 7.20. The van der Waals surface area contributed by atoms with Crippen LogP contribution in [-0.2, 0) is 10.0 Å². The lowest BCUT2D eigenvalue weighted by Crippen LogP contribution is -2.51. The van der Waals surface area contributed by atoms with Gasteiger partial charge in [0.2, 0.25) is 10.0 Å². The molecule has 6 nitrogen and oxygen atoms in total. The van der Waals surface area contributed by atoms with Gasteiger partial charge in [0.15, 0.2) is 5.96 Å². The second kappa shape index (κ2) is 10.3. The Bertz CT molecular complexity index is 525. The smallest absolute Gasteiger partial charge is 0.213 e. The molecule has 0 aromatic heterocycles. The van der Waals surface area contributed by atoms with Crippen molar-refractivity contribution in [2.45, 2.75) is 64.8 Å². The molecular weight excluding hydrogens is 451 g/mol. The minimum atomic E-state index is -3.05. The van der Waals surface area contributed by atoms with Gasteiger partial charge in [-0.15, -0.1) is 24.0 Å². The number of guanidine groups is 1. The van der Waals surface area contributed by atoms with E-state index in [1.807, 2.05) is 0 Å². The number of halogens is 1. The molecule has 0 spiro atoms. The first-order chi connectivity index (χ1) is 11.4. The molecule has 2 rings (SSSR count). The Balaban J connectivity index is 0.00000312. The lowest BCUT2D eigenvalue weighted by Gasteiger charge is -2.33. The molecule has 0 unspecified atom stereocenters. The van der Waals surface area contributed by atoms with E-state index in [1.165, 1.54) is 32.1 Å². The fourth-order valence-corrected chi connectivity index (χ4v) is 5.03. The number of rotatable bonds is 6. The van der Waals surface area contributed by atoms with Crippen molar-refractivity contribution in [3.8, 4) is 0 Å². The van der Waals surface area contributed by atoms with Crippen molar-refractivity contribution >= 4 is 40.0 Å². The van der Waals surface area contributed by atoms with Gasteiger partial charge in [-0.05, 0) is 44.4 Å². The molecule has 2 aliphatic rings. The maximum Gasteiger partial charge on any atom is 0.213 e. The molecule has 8 heteroatoms. The van der Waals surface area contributed by atoms with Gasteiger partial charge < -0.3 is 10.6 Å². The van der Waals surface area contributed by atoms with Gasteiger partial charge in [0.05, 0.1) is 5.75 Å². The van der Waals surface area contributed by atoms with E-state index < -0.39 is 10.0 Å². The molecule has 1 aliphatic carbocycles. The molecule has 1 saturated carbocycles. The molecule has 1 heterocycles. The lowest BCUT2D eigenvalue weighted by atomic mass is 9.83. The number of hydrogen-bond donors (Lipinski definition) is 2. The number of sulfonamides is 1. The van der Waals surface area contributed by atoms with Crippen LogP contribution in [0.3, 0.4) is 0 Å². The van der Waals surface area contributed by atoms with Crippen LogP contribution in [0.25, 0.3) is 0 Å². The number of piperidine rings is 1. The first-order valence-electron chi connectivity index (χ1n) is 9.40. The molecule has 0 radical (unpaired) electrons. The summed E-state index contributed by atoms with van der Waals surface area (Å²) in [6.45, 7) is 6.17. The predicted molar refractivity (Wildman–Crippen MR) is 115 cm³/mol. The van der Waals surface area contributed by atoms with Gasteiger partial charge in [-0.3, -0.25) is 4.99 Å². The molecule has 2 fully saturated rings. The van der Waals surface area contributed by atoms with E-state index in [4.69, 9.17) is 0 Å². The van der Waals surface area contributed by atoms with Crippen molar-refractivity contribution < 1.29 is 8.42 Å². The molecule has 1 aliphatic heterocycles. The van der Waals surface area contributed by atoms with Crippen LogP contribution < -0.4 is 10.6 Å². The van der Waals surface area contributed by atoms with Gasteiger partial charge in [0, 0.05) is 32.7 Å². The molecule has 0 atom stereocenters. The SMILES string of the molecule is CCC1(CNC(=NC)NC2CCN(S(=O)(=O)CC)CC2)CCCC1.I. The van der Waals surface area contributed by atoms with Gasteiger partial charge in [0.1, 0.15) is 0 Å². The van der Waals surface area contributed by atoms with Gasteiger partial charge in [-0.25, -0.2) is 12.7 Å². The van der Waals surface area contributed by atoms with Gasteiger partial charge >= 0.3 is 0 Å². The summed E-state index contributed by atoms with van der Waals surface area (Å²) < 4.78 is 25.5. The Labute approximate surface area is 170 Å². The largest absolute Gasteiger partial charge is 0.356 e. The highest BCUT2D eigenvalue weighted by Crippen LogP contribution is 2.40. The third-order valence-corrected chi connectivity index (χ3v) is 7.70. The minimum absolute atomic E-state index is 0. The Hall–Kier alpha value is -0.0900. The van der Waals surface area contributed by atoms with Crippen molar-refractivity contribution in [2.24, 2.45) is 10.4 Å². The Kier molecular flexibility index (Phi) is 9.45. The van der Waals surface area contributed by atoms with Crippen molar-refractivity contribution in [1.29, 1.82) is 0 Å². The van der Waals surface area contributed by atoms with Gasteiger partial charge in [-0.2, -0.15) is 0 Å². The maximum absolute atomic E-state index is 11.9. The monoisotopic (exact) mass is 486 g/mol. The van der Waals surface area contributed by atoms with Crippen molar-refractivity contribution in [3.63, 3.8) is 0 Å². The fourth-order valence-electron chi connectivity index (χ4n) is 3.90. The Morgan fingerprint density at radius 3 is 2.28 bits per heavy atom. The average Bonchev–Trinajstić information content (AvgIpc) is 3.08. The topological polar surface area (TPSA) is 73.8 Å². The molecule has 2 N–H and O–H groups in total. The lowest BCUT2D eigenvalue weighted by molar-refractivity contribution is 0.280. The van der Waals surface area contributed by atoms with Crippen LogP contribution in [0.2, 0.25) is 0 Å². The van der Waals surface area contributed by atoms with E-state index in [-0.39, 0.29) is 29.7 Å². The molecular formula is C17H35IN4O2S. The number of hydrogen-bond acceptors (Lipinski definition) is 3. The highest BCUT2D eigenvalue weighted by Gasteiger charge is 2.32. The quantitative estimate of drug-likeness (QED) is 0.344. The normalized spacial score (nSPS) is 22.4. The number of aliphatic imine (C=N–C) groups is 1. The summed E-state index contributed by atoms with van der Waals surface area (Å²) in [5.74, 6) is 1.04. The third-order valence-electron chi connectivity index (χ3n) is 5.82. The second-order valence-corrected chi connectivity index (χ2v) is 9.46. The molecule has 148 valence electrons. The summed E-state index contributed by atoms with van der Waals surface area (Å²) in [5.41, 5.74) is 0.427. The maximum atomic E-state index is 11.9. The minimum Gasteiger partial charge on any atom is -0.356 e. The van der Waals surface area contributed by atoms with E-state index >= 15 is 0 Å². The summed E-state index contributed by atoms with van der Waals surface area (Å²) in [4.78, 5) is 4.36. The van der Waals surface area contributed by atoms with Crippen LogP contribution in [0.4, 0.5) is 0 Å². The van der Waals surface area contributed by atoms with E-state index in [0.29, 0.717) is 24.5 Å². The van der Waals surface area contributed by atoms with Crippen LogP contribution in [-0.4, -0.2) is 57.2 Å². The van der Waals surface area contributed by atoms with Crippen LogP contribution in [0, 0.1) is 5.41 Å². The Morgan fingerprint density at radius 1 is 1.20 bits per heavy atom. The highest BCUT2D eigenvalue weighted by atomic mass is 127. The van der Waals surface area contributed by atoms with Crippen LogP contribution >= 0.6 is 24.0 Å². The fraction of sp³-hybridized carbons (Fsp3) is 0.941. The van der Waals surface area contributed by atoms with E-state index in [2.05, 4.69) is 22.5 Å². The molecule has 0 bridgehead atoms. The summed E-state index contributed by atoms with van der Waals surface area (Å²) in [6.07, 6.45) is 8.17. The summed E-state index contributed by atoms with van der Waals surface area (Å²) in [7, 11) is -1.25. The Morgan fingerprint density at radius 2 is 1.80 bits per heavy atom. The highest BCUT2D eigenvalue weighted by molar-refractivity contribution is 14.0. The summed E-state index contributed by atoms with van der Waals surface area (Å²) in [6, 6.07) is 0.292. The van der Waals surface area contributed by atoms with Crippen LogP contribution in [0.1, 0.15) is 58.8 Å². The zero-order valence-corrected chi connectivity index (χ0v) is 19.0. The predicted octanol–water partition coefficient (Wildman–Crippen LogP) is 2.55. The van der Waals surface area contributed by atoms with Gasteiger partial charge in [-0.1, -0.05) is 19.8 Å². The van der Waals surface area contributed by atoms with E-state index in [0.717, 1.165) is 25.3 Å². The molecule has 0 amide bonds. The zero-order valence-electron chi connectivity index (χ0n) is 15.9. The zero-order chi connectivity index (χ0) is 17.6.